The van der Waals surface area contributed by atoms with Crippen molar-refractivity contribution in [2.24, 2.45) is 10.8 Å². The fraction of sp³-hybridized carbons (Fsp3) is 0.536. The van der Waals surface area contributed by atoms with Crippen LogP contribution in [0.2, 0.25) is 0 Å². The zero-order valence-electron chi connectivity index (χ0n) is 46.9. The molecule has 0 spiro atoms. The molecule has 3 aliphatic rings. The number of alkyl halides is 6. The minimum atomic E-state index is -5.23. The number of nitrogens with zero attached hydrogens (tertiary/aromatic N) is 6. The van der Waals surface area contributed by atoms with Gasteiger partial charge in [0, 0.05) is 80.0 Å². The monoisotopic (exact) mass is 1180 g/mol. The van der Waals surface area contributed by atoms with E-state index >= 15 is 8.78 Å². The molecule has 4 aromatic rings. The second-order valence-electron chi connectivity index (χ2n) is 22.7. The van der Waals surface area contributed by atoms with Gasteiger partial charge in [0.25, 0.3) is 5.91 Å². The molecule has 19 nitrogen and oxygen atoms in total. The van der Waals surface area contributed by atoms with E-state index in [1.54, 1.807) is 18.3 Å². The maximum atomic E-state index is 16.3. The fourth-order valence-corrected chi connectivity index (χ4v) is 10.0. The second-order valence-corrected chi connectivity index (χ2v) is 22.7. The number of nitrogens with one attached hydrogen (secondary N) is 4. The van der Waals surface area contributed by atoms with Crippen LogP contribution in [0.25, 0.3) is 11.3 Å². The van der Waals surface area contributed by atoms with Gasteiger partial charge in [0.1, 0.15) is 28.9 Å². The summed E-state index contributed by atoms with van der Waals surface area (Å²) in [6.45, 7) is 6.38. The predicted molar refractivity (Wildman–Crippen MR) is 285 cm³/mol. The van der Waals surface area contributed by atoms with Crippen molar-refractivity contribution in [2.75, 3.05) is 51.9 Å². The normalized spacial score (nSPS) is 18.5. The zero-order chi connectivity index (χ0) is 61.0. The van der Waals surface area contributed by atoms with Crippen molar-refractivity contribution in [3.8, 4) is 23.1 Å². The molecule has 0 aliphatic carbocycles. The van der Waals surface area contributed by atoms with Crippen molar-refractivity contribution < 1.29 is 78.7 Å². The Morgan fingerprint density at radius 2 is 1.42 bits per heavy atom. The Kier molecular flexibility index (Phi) is 19.4. The van der Waals surface area contributed by atoms with E-state index in [-0.39, 0.29) is 17.8 Å². The molecule has 6 atom stereocenters. The first-order valence-electron chi connectivity index (χ1n) is 26.6. The van der Waals surface area contributed by atoms with Gasteiger partial charge < -0.3 is 45.3 Å². The summed E-state index contributed by atoms with van der Waals surface area (Å²) in [5.41, 5.74) is -4.82. The third kappa shape index (κ3) is 15.4. The smallest absolute Gasteiger partial charge is 0.407 e. The van der Waals surface area contributed by atoms with Crippen LogP contribution < -0.4 is 26.3 Å². The van der Waals surface area contributed by atoms with Crippen molar-refractivity contribution >= 4 is 29.8 Å². The minimum absolute atomic E-state index is 0.00265. The van der Waals surface area contributed by atoms with Crippen LogP contribution in [-0.4, -0.2) is 166 Å². The molecule has 3 saturated heterocycles. The largest absolute Gasteiger partial charge is 0.453 e. The number of hydrazine groups is 1. The summed E-state index contributed by atoms with van der Waals surface area (Å²) in [4.78, 5) is 62.7. The number of amides is 4. The van der Waals surface area contributed by atoms with Gasteiger partial charge in [0.15, 0.2) is 6.10 Å². The average molecular weight is 1180 g/mol. The molecule has 0 radical (unpaired) electrons. The summed E-state index contributed by atoms with van der Waals surface area (Å²) >= 11 is 0. The van der Waals surface area contributed by atoms with Crippen molar-refractivity contribution in [1.82, 2.24) is 46.0 Å². The van der Waals surface area contributed by atoms with Crippen LogP contribution >= 0.6 is 0 Å². The molecule has 0 unspecified atom stereocenters. The molecule has 6 N–H and O–H groups in total. The lowest BCUT2D eigenvalue weighted by atomic mass is 9.82. The molecule has 2 aromatic carbocycles. The lowest BCUT2D eigenvalue weighted by Gasteiger charge is -2.47. The number of ether oxygens (including phenoxy) is 3. The number of alkyl carbamates (subject to hydrolysis) is 2. The van der Waals surface area contributed by atoms with E-state index in [1.165, 1.54) is 42.9 Å². The number of aliphatic hydroxyl groups is 2. The van der Waals surface area contributed by atoms with E-state index in [0.29, 0.717) is 67.5 Å². The average Bonchev–Trinajstić information content (AvgIpc) is 4.08. The number of aromatic nitrogens is 3. The highest BCUT2D eigenvalue weighted by molar-refractivity contribution is 5.87. The first-order valence-corrected chi connectivity index (χ1v) is 26.6. The highest BCUT2D eigenvalue weighted by Gasteiger charge is 2.58. The molecular weight excluding hydrogens is 1110 g/mol. The van der Waals surface area contributed by atoms with E-state index in [1.807, 2.05) is 22.8 Å². The molecule has 5 heterocycles. The Morgan fingerprint density at radius 3 is 1.95 bits per heavy atom. The fourth-order valence-electron chi connectivity index (χ4n) is 10.0. The lowest BCUT2D eigenvalue weighted by Crippen LogP contribution is -2.62. The number of hydrogen-bond acceptors (Lipinski definition) is 14. The predicted octanol–water partition coefficient (Wildman–Crippen LogP) is 5.99. The Morgan fingerprint density at radius 1 is 0.819 bits per heavy atom. The molecule has 7 rings (SSSR count). The summed E-state index contributed by atoms with van der Waals surface area (Å²) in [6, 6.07) is 10.2. The number of carbonyl (C=O) groups excluding carboxylic acids is 4. The van der Waals surface area contributed by atoms with Gasteiger partial charge in [-0.05, 0) is 109 Å². The molecule has 4 amide bonds. The first kappa shape index (κ1) is 63.5. The van der Waals surface area contributed by atoms with E-state index in [2.05, 4.69) is 47.2 Å². The topological polar surface area (TPSA) is 225 Å². The number of hydrogen-bond donors (Lipinski definition) is 6. The Balaban J connectivity index is 1.18. The SMILES string of the molecule is CNC(=O)O[C@H](C(=O)NN(Cc1c(F)cc(-c2ccn(CC(C)(C)O)n2)cc1F)C[C@H](O)[C@H](Cc1ccc(C#Cc2ccc(N3C[C@@H]4CC[C@@H](C3)N4C3COC3)nc2)cc1)NC(=O)[C@@H](NC(=O)OC)C(C)(C)C(F)(F)F)C(C)(C)C(F)(F)F. The van der Waals surface area contributed by atoms with Crippen LogP contribution in [0.15, 0.2) is 67.0 Å². The summed E-state index contributed by atoms with van der Waals surface area (Å²) in [5.74, 6) is 1.12. The van der Waals surface area contributed by atoms with Crippen LogP contribution in [0.3, 0.4) is 0 Å². The molecule has 0 saturated carbocycles. The van der Waals surface area contributed by atoms with Gasteiger partial charge in [0.05, 0.1) is 61.8 Å². The lowest BCUT2D eigenvalue weighted by molar-refractivity contribution is -0.239. The van der Waals surface area contributed by atoms with E-state index in [0.717, 1.165) is 71.3 Å². The van der Waals surface area contributed by atoms with Gasteiger partial charge in [-0.15, -0.1) is 0 Å². The number of aliphatic hydroxyl groups excluding tert-OH is 1. The summed E-state index contributed by atoms with van der Waals surface area (Å²) in [5, 5.41) is 33.4. The van der Waals surface area contributed by atoms with Gasteiger partial charge in [-0.2, -0.15) is 31.4 Å². The van der Waals surface area contributed by atoms with Gasteiger partial charge >= 0.3 is 24.5 Å². The van der Waals surface area contributed by atoms with Gasteiger partial charge in [-0.3, -0.25) is 24.6 Å². The summed E-state index contributed by atoms with van der Waals surface area (Å²) < 4.78 is 136. The van der Waals surface area contributed by atoms with E-state index in [4.69, 9.17) is 9.47 Å². The van der Waals surface area contributed by atoms with Crippen molar-refractivity contribution in [1.29, 1.82) is 0 Å². The number of piperazine rings is 1. The Hall–Kier alpha value is -7.12. The number of methoxy groups -OCH3 is 1. The molecule has 83 heavy (non-hydrogen) atoms. The standard InChI is InChI=1S/C56H68F8N10O9/c1-52(2,80)31-72-20-19-42(69-72)35-22-40(57)39(41(58)23-35)27-73(70-49(77)47(83-50(78)65-7)54(5,6)56(62,63)64)28-44(75)43(67-48(76)46(68-51(79)81-8)53(3,4)55(59,60)61)21-33-12-9-32(10-13-33)11-14-34-15-18-45(66-24-34)71-25-36-16-17-37(26-71)74(36)38-29-82-30-38/h9-10,12-13,15,18-20,22-24,36-38,43-44,46-47,75,80H,16-17,21,25-31H2,1-8H3,(H,65,78)(H,67,76)(H,68,79)(H,70,77)/t36-,37-,43-,44-,46+,47+/m0/s1. The molecule has 3 aliphatic heterocycles. The van der Waals surface area contributed by atoms with E-state index < -0.39 is 114 Å². The number of pyridine rings is 1. The number of rotatable bonds is 20. The number of halogens is 8. The van der Waals surface area contributed by atoms with Gasteiger partial charge in [-0.1, -0.05) is 24.0 Å². The molecule has 452 valence electrons. The van der Waals surface area contributed by atoms with Crippen LogP contribution in [0.5, 0.6) is 0 Å². The number of carbonyl (C=O) groups is 4. The summed E-state index contributed by atoms with van der Waals surface area (Å²) in [6.07, 6.45) is -13.3. The Labute approximate surface area is 474 Å². The quantitative estimate of drug-likeness (QED) is 0.0340. The van der Waals surface area contributed by atoms with Crippen molar-refractivity contribution in [2.45, 2.75) is 134 Å². The molecule has 3 fully saturated rings. The second kappa shape index (κ2) is 25.4. The van der Waals surface area contributed by atoms with Gasteiger partial charge in [0.2, 0.25) is 5.91 Å². The van der Waals surface area contributed by atoms with Crippen molar-refractivity contribution in [3.63, 3.8) is 0 Å². The number of fused-ring (bicyclic) bond motifs is 2. The van der Waals surface area contributed by atoms with Crippen LogP contribution in [0, 0.1) is 34.3 Å². The van der Waals surface area contributed by atoms with Crippen LogP contribution in [-0.2, 0) is 43.3 Å². The molecule has 2 bridgehead atoms. The zero-order valence-corrected chi connectivity index (χ0v) is 46.9. The Bertz CT molecular complexity index is 2970. The van der Waals surface area contributed by atoms with Crippen LogP contribution in [0.4, 0.5) is 50.5 Å². The number of anilines is 1. The van der Waals surface area contributed by atoms with E-state index in [9.17, 15) is 55.7 Å². The third-order valence-corrected chi connectivity index (χ3v) is 15.1. The molecule has 2 aromatic heterocycles. The van der Waals surface area contributed by atoms with Crippen molar-refractivity contribution in [3.05, 3.63) is 101 Å². The minimum Gasteiger partial charge on any atom is -0.453 e. The summed E-state index contributed by atoms with van der Waals surface area (Å²) in [7, 11) is 1.84. The highest BCUT2D eigenvalue weighted by Crippen LogP contribution is 2.43. The maximum absolute atomic E-state index is 16.3. The molecule has 27 heteroatoms. The van der Waals surface area contributed by atoms with Gasteiger partial charge in [-0.25, -0.2) is 28.4 Å². The number of benzene rings is 2. The first-order chi connectivity index (χ1) is 38.8. The third-order valence-electron chi connectivity index (χ3n) is 15.1. The highest BCUT2D eigenvalue weighted by atomic mass is 19.4. The molecular formula is C56H68F8N10O9. The maximum Gasteiger partial charge on any atom is 0.407 e. The van der Waals surface area contributed by atoms with Crippen LogP contribution in [0.1, 0.15) is 76.6 Å².